The molecule has 0 aliphatic carbocycles. The average Bonchev–Trinajstić information content (AvgIpc) is 3.11. The van der Waals surface area contributed by atoms with Gasteiger partial charge in [0, 0.05) is 49.4 Å². The van der Waals surface area contributed by atoms with Crippen molar-refractivity contribution in [2.75, 3.05) is 26.7 Å². The predicted octanol–water partition coefficient (Wildman–Crippen LogP) is 2.37. The Morgan fingerprint density at radius 1 is 1.12 bits per heavy atom. The van der Waals surface area contributed by atoms with Crippen molar-refractivity contribution in [3.8, 4) is 0 Å². The average molecular weight is 351 g/mol. The number of nitrogens with zero attached hydrogens (tertiary/aromatic N) is 2. The molecule has 136 valence electrons. The molecule has 3 heterocycles. The summed E-state index contributed by atoms with van der Waals surface area (Å²) in [5.41, 5.74) is 3.66. The standard InChI is InChI=1S/C21H25N3O2/c1-13-6-4-5-7-17(13)20-18-12-24(11-15(18)10-23(20)3)21(26)19-9-16(25)8-14(2)22-19/h4-9,15,18,20H,10-12H2,1-3H3,(H,22,25)/t15-,18+,20+/m0/s1. The predicted molar refractivity (Wildman–Crippen MR) is 101 cm³/mol. The number of amides is 1. The highest BCUT2D eigenvalue weighted by Gasteiger charge is 2.47. The lowest BCUT2D eigenvalue weighted by Gasteiger charge is -2.28. The van der Waals surface area contributed by atoms with Crippen molar-refractivity contribution < 1.29 is 4.79 Å². The van der Waals surface area contributed by atoms with Crippen LogP contribution in [-0.4, -0.2) is 47.4 Å². The fourth-order valence-corrected chi connectivity index (χ4v) is 4.78. The number of likely N-dealkylation sites (tertiary alicyclic amines) is 2. The summed E-state index contributed by atoms with van der Waals surface area (Å²) in [7, 11) is 2.18. The van der Waals surface area contributed by atoms with Crippen molar-refractivity contribution in [1.82, 2.24) is 14.8 Å². The van der Waals surface area contributed by atoms with Crippen LogP contribution in [0.5, 0.6) is 0 Å². The molecule has 26 heavy (non-hydrogen) atoms. The maximum Gasteiger partial charge on any atom is 0.270 e. The van der Waals surface area contributed by atoms with Gasteiger partial charge in [-0.3, -0.25) is 14.5 Å². The lowest BCUT2D eigenvalue weighted by atomic mass is 9.88. The van der Waals surface area contributed by atoms with E-state index in [4.69, 9.17) is 0 Å². The van der Waals surface area contributed by atoms with E-state index in [2.05, 4.69) is 48.1 Å². The smallest absolute Gasteiger partial charge is 0.270 e. The summed E-state index contributed by atoms with van der Waals surface area (Å²) < 4.78 is 0. The Labute approximate surface area is 153 Å². The van der Waals surface area contributed by atoms with Crippen LogP contribution < -0.4 is 5.43 Å². The monoisotopic (exact) mass is 351 g/mol. The molecule has 2 aromatic rings. The minimum absolute atomic E-state index is 0.0635. The Bertz CT molecular complexity index is 904. The van der Waals surface area contributed by atoms with Crippen LogP contribution in [0.1, 0.15) is 33.4 Å². The fourth-order valence-electron chi connectivity index (χ4n) is 4.78. The van der Waals surface area contributed by atoms with Gasteiger partial charge >= 0.3 is 0 Å². The first-order chi connectivity index (χ1) is 12.4. The second-order valence-electron chi connectivity index (χ2n) is 7.79. The number of aromatic amines is 1. The number of carbonyl (C=O) groups is 1. The zero-order valence-electron chi connectivity index (χ0n) is 15.5. The summed E-state index contributed by atoms with van der Waals surface area (Å²) in [6.07, 6.45) is 0. The molecule has 1 aromatic carbocycles. The van der Waals surface area contributed by atoms with Crippen LogP contribution in [0, 0.1) is 25.7 Å². The summed E-state index contributed by atoms with van der Waals surface area (Å²) in [5.74, 6) is 0.845. The van der Waals surface area contributed by atoms with Gasteiger partial charge in [-0.15, -0.1) is 0 Å². The van der Waals surface area contributed by atoms with Crippen LogP contribution in [-0.2, 0) is 0 Å². The number of aromatic nitrogens is 1. The number of H-pyrrole nitrogens is 1. The van der Waals surface area contributed by atoms with Gasteiger partial charge in [-0.25, -0.2) is 0 Å². The molecule has 5 heteroatoms. The Hall–Kier alpha value is -2.40. The van der Waals surface area contributed by atoms with Crippen molar-refractivity contribution in [2.24, 2.45) is 11.8 Å². The number of hydrogen-bond donors (Lipinski definition) is 1. The van der Waals surface area contributed by atoms with Crippen molar-refractivity contribution in [3.63, 3.8) is 0 Å². The van der Waals surface area contributed by atoms with E-state index in [1.54, 1.807) is 6.92 Å². The Balaban J connectivity index is 1.59. The van der Waals surface area contributed by atoms with Gasteiger partial charge in [0.15, 0.2) is 5.43 Å². The summed E-state index contributed by atoms with van der Waals surface area (Å²) in [4.78, 5) is 32.1. The van der Waals surface area contributed by atoms with Crippen LogP contribution in [0.2, 0.25) is 0 Å². The van der Waals surface area contributed by atoms with Gasteiger partial charge in [0.1, 0.15) is 5.69 Å². The first-order valence-electron chi connectivity index (χ1n) is 9.20. The molecule has 2 saturated heterocycles. The quantitative estimate of drug-likeness (QED) is 0.904. The number of aryl methyl sites for hydroxylation is 2. The van der Waals surface area contributed by atoms with Gasteiger partial charge in [0.25, 0.3) is 5.91 Å². The SMILES string of the molecule is Cc1cc(=O)cc(C(=O)N2C[C@@H]3CN(C)[C@H](c4ccccc4C)[C@@H]3C2)[nH]1. The normalized spacial score (nSPS) is 25.5. The highest BCUT2D eigenvalue weighted by Crippen LogP contribution is 2.44. The van der Waals surface area contributed by atoms with Crippen molar-refractivity contribution in [1.29, 1.82) is 0 Å². The van der Waals surface area contributed by atoms with E-state index in [-0.39, 0.29) is 11.3 Å². The number of rotatable bonds is 2. The van der Waals surface area contributed by atoms with Gasteiger partial charge in [0.05, 0.1) is 0 Å². The van der Waals surface area contributed by atoms with Crippen molar-refractivity contribution >= 4 is 5.91 Å². The number of pyridine rings is 1. The molecular weight excluding hydrogens is 326 g/mol. The zero-order valence-corrected chi connectivity index (χ0v) is 15.5. The summed E-state index contributed by atoms with van der Waals surface area (Å²) in [6, 6.07) is 11.8. The fraction of sp³-hybridized carbons (Fsp3) is 0.429. The van der Waals surface area contributed by atoms with E-state index in [9.17, 15) is 9.59 Å². The van der Waals surface area contributed by atoms with Gasteiger partial charge in [-0.05, 0) is 37.9 Å². The van der Waals surface area contributed by atoms with Crippen LogP contribution >= 0.6 is 0 Å². The molecule has 1 N–H and O–H groups in total. The maximum atomic E-state index is 12.9. The van der Waals surface area contributed by atoms with Crippen molar-refractivity contribution in [2.45, 2.75) is 19.9 Å². The van der Waals surface area contributed by atoms with Crippen molar-refractivity contribution in [3.05, 3.63) is 69.1 Å². The number of fused-ring (bicyclic) bond motifs is 1. The topological polar surface area (TPSA) is 56.4 Å². The van der Waals surface area contributed by atoms with Crippen LogP contribution in [0.25, 0.3) is 0 Å². The van der Waals surface area contributed by atoms with E-state index >= 15 is 0 Å². The minimum Gasteiger partial charge on any atom is -0.354 e. The molecule has 2 fully saturated rings. The second kappa shape index (κ2) is 6.40. The Morgan fingerprint density at radius 3 is 2.62 bits per heavy atom. The molecule has 3 atom stereocenters. The second-order valence-corrected chi connectivity index (χ2v) is 7.79. The first-order valence-corrected chi connectivity index (χ1v) is 9.20. The summed E-state index contributed by atoms with van der Waals surface area (Å²) in [5, 5.41) is 0. The van der Waals surface area contributed by atoms with Crippen LogP contribution in [0.15, 0.2) is 41.2 Å². The molecule has 4 rings (SSSR count). The lowest BCUT2D eigenvalue weighted by molar-refractivity contribution is 0.0761. The minimum atomic E-state index is -0.124. The Kier molecular flexibility index (Phi) is 4.19. The van der Waals surface area contributed by atoms with E-state index < -0.39 is 0 Å². The van der Waals surface area contributed by atoms with E-state index in [1.807, 2.05) is 4.90 Å². The molecule has 1 amide bonds. The van der Waals surface area contributed by atoms with E-state index in [1.165, 1.54) is 23.3 Å². The number of benzene rings is 1. The molecule has 0 spiro atoms. The molecule has 1 aromatic heterocycles. The third kappa shape index (κ3) is 2.86. The molecular formula is C21H25N3O2. The van der Waals surface area contributed by atoms with Gasteiger partial charge in [-0.2, -0.15) is 0 Å². The molecule has 2 aliphatic rings. The van der Waals surface area contributed by atoms with E-state index in [0.717, 1.165) is 25.3 Å². The first kappa shape index (κ1) is 17.0. The third-order valence-electron chi connectivity index (χ3n) is 5.90. The third-order valence-corrected chi connectivity index (χ3v) is 5.90. The van der Waals surface area contributed by atoms with Gasteiger partial charge in [-0.1, -0.05) is 24.3 Å². The van der Waals surface area contributed by atoms with Crippen LogP contribution in [0.3, 0.4) is 0 Å². The molecule has 0 unspecified atom stereocenters. The zero-order chi connectivity index (χ0) is 18.4. The number of nitrogens with one attached hydrogen (secondary N) is 1. The molecule has 0 radical (unpaired) electrons. The number of carbonyl (C=O) groups excluding carboxylic acids is 1. The van der Waals surface area contributed by atoms with Gasteiger partial charge in [0.2, 0.25) is 0 Å². The Morgan fingerprint density at radius 2 is 1.88 bits per heavy atom. The summed E-state index contributed by atoms with van der Waals surface area (Å²) in [6.45, 7) is 6.46. The highest BCUT2D eigenvalue weighted by atomic mass is 16.2. The van der Waals surface area contributed by atoms with Crippen LogP contribution in [0.4, 0.5) is 0 Å². The number of hydrogen-bond acceptors (Lipinski definition) is 3. The molecule has 0 saturated carbocycles. The largest absolute Gasteiger partial charge is 0.354 e. The molecule has 2 aliphatic heterocycles. The highest BCUT2D eigenvalue weighted by molar-refractivity contribution is 5.92. The molecule has 0 bridgehead atoms. The maximum absolute atomic E-state index is 12.9. The molecule has 5 nitrogen and oxygen atoms in total. The van der Waals surface area contributed by atoms with Gasteiger partial charge < -0.3 is 9.88 Å². The lowest BCUT2D eigenvalue weighted by Crippen LogP contribution is -2.34. The van der Waals surface area contributed by atoms with E-state index in [0.29, 0.717) is 23.6 Å². The summed E-state index contributed by atoms with van der Waals surface area (Å²) >= 11 is 0.